The van der Waals surface area contributed by atoms with E-state index in [1.165, 1.54) is 0 Å². The van der Waals surface area contributed by atoms with Gasteiger partial charge in [-0.3, -0.25) is 14.5 Å². The highest BCUT2D eigenvalue weighted by Gasteiger charge is 2.47. The van der Waals surface area contributed by atoms with E-state index in [0.717, 1.165) is 16.9 Å². The molecule has 1 saturated heterocycles. The molecule has 30 heavy (non-hydrogen) atoms. The summed E-state index contributed by atoms with van der Waals surface area (Å²) >= 11 is 0. The molecule has 1 N–H and O–H groups in total. The zero-order chi connectivity index (χ0) is 21.1. The Kier molecular flexibility index (Phi) is 5.44. The van der Waals surface area contributed by atoms with Gasteiger partial charge in [-0.25, -0.2) is 4.79 Å². The molecule has 156 valence electrons. The second-order valence-corrected chi connectivity index (χ2v) is 7.77. The van der Waals surface area contributed by atoms with Gasteiger partial charge in [-0.15, -0.1) is 0 Å². The zero-order valence-electron chi connectivity index (χ0n) is 16.8. The number of aryl methyl sites for hydroxylation is 1. The van der Waals surface area contributed by atoms with Gasteiger partial charge in [-0.05, 0) is 43.5 Å². The molecule has 7 heteroatoms. The maximum Gasteiger partial charge on any atom is 0.325 e. The topological polar surface area (TPSA) is 84.9 Å². The van der Waals surface area contributed by atoms with Crippen molar-refractivity contribution in [2.24, 2.45) is 0 Å². The van der Waals surface area contributed by atoms with Crippen molar-refractivity contribution in [3.8, 4) is 11.5 Å². The Balaban J connectivity index is 1.44. The lowest BCUT2D eigenvalue weighted by Crippen LogP contribution is -2.44. The first-order valence-electron chi connectivity index (χ1n) is 10.1. The molecule has 0 spiro atoms. The van der Waals surface area contributed by atoms with Crippen LogP contribution in [0, 0.1) is 0 Å². The van der Waals surface area contributed by atoms with E-state index in [9.17, 15) is 14.4 Å². The highest BCUT2D eigenvalue weighted by molar-refractivity contribution is 6.11. The van der Waals surface area contributed by atoms with Crippen LogP contribution in [0.15, 0.2) is 48.5 Å². The van der Waals surface area contributed by atoms with Crippen molar-refractivity contribution in [2.45, 2.75) is 31.7 Å². The van der Waals surface area contributed by atoms with Crippen molar-refractivity contribution < 1.29 is 23.9 Å². The average Bonchev–Trinajstić information content (AvgIpc) is 2.92. The summed E-state index contributed by atoms with van der Waals surface area (Å²) in [4.78, 5) is 39.2. The molecule has 4 rings (SSSR count). The van der Waals surface area contributed by atoms with Gasteiger partial charge in [0.25, 0.3) is 5.91 Å². The number of ketones is 1. The summed E-state index contributed by atoms with van der Waals surface area (Å²) in [5.41, 5.74) is 0.429. The van der Waals surface area contributed by atoms with Crippen LogP contribution in [0.3, 0.4) is 0 Å². The number of urea groups is 1. The fraction of sp³-hybridized carbons (Fsp3) is 0.348. The molecule has 2 aliphatic heterocycles. The minimum atomic E-state index is -1.03. The third-order valence-corrected chi connectivity index (χ3v) is 5.47. The van der Waals surface area contributed by atoms with Crippen molar-refractivity contribution in [1.29, 1.82) is 0 Å². The van der Waals surface area contributed by atoms with E-state index in [1.54, 1.807) is 25.1 Å². The lowest BCUT2D eigenvalue weighted by Gasteiger charge is -2.21. The number of amides is 3. The van der Waals surface area contributed by atoms with Gasteiger partial charge >= 0.3 is 6.03 Å². The highest BCUT2D eigenvalue weighted by atomic mass is 16.5. The van der Waals surface area contributed by atoms with Gasteiger partial charge in [-0.2, -0.15) is 0 Å². The van der Waals surface area contributed by atoms with Gasteiger partial charge in [0.15, 0.2) is 17.3 Å². The van der Waals surface area contributed by atoms with Crippen LogP contribution < -0.4 is 14.8 Å². The Morgan fingerprint density at radius 1 is 1.07 bits per heavy atom. The number of carbonyl (C=O) groups is 3. The molecule has 0 aliphatic carbocycles. The SMILES string of the molecule is C[C@]1(CCc2ccccc2)NC(=O)N(CC(=O)c2ccc3c(c2)OCCCO3)C1=O. The first-order chi connectivity index (χ1) is 14.5. The minimum absolute atomic E-state index is 0.314. The summed E-state index contributed by atoms with van der Waals surface area (Å²) in [5, 5.41) is 2.76. The molecule has 0 saturated carbocycles. The summed E-state index contributed by atoms with van der Waals surface area (Å²) in [7, 11) is 0. The van der Waals surface area contributed by atoms with Crippen LogP contribution in [0.5, 0.6) is 11.5 Å². The Morgan fingerprint density at radius 3 is 2.57 bits per heavy atom. The predicted octanol–water partition coefficient (Wildman–Crippen LogP) is 2.97. The van der Waals surface area contributed by atoms with Gasteiger partial charge in [0.1, 0.15) is 5.54 Å². The molecule has 3 amide bonds. The number of Topliss-reactive ketones (excluding diaryl/α,β-unsaturated/α-hetero) is 1. The largest absolute Gasteiger partial charge is 0.490 e. The molecule has 0 aromatic heterocycles. The van der Waals surface area contributed by atoms with Crippen molar-refractivity contribution >= 4 is 17.7 Å². The van der Waals surface area contributed by atoms with E-state index < -0.39 is 11.6 Å². The molecule has 0 unspecified atom stereocenters. The first-order valence-corrected chi connectivity index (χ1v) is 10.1. The number of rotatable bonds is 6. The summed E-state index contributed by atoms with van der Waals surface area (Å²) in [5.74, 6) is 0.378. The normalized spacial score (nSPS) is 20.6. The molecule has 0 radical (unpaired) electrons. The first kappa shape index (κ1) is 19.9. The number of nitrogens with zero attached hydrogens (tertiary/aromatic N) is 1. The molecule has 7 nitrogen and oxygen atoms in total. The van der Waals surface area contributed by atoms with Gasteiger partial charge in [-0.1, -0.05) is 30.3 Å². The number of hydrogen-bond donors (Lipinski definition) is 1. The summed E-state index contributed by atoms with van der Waals surface area (Å²) in [6.07, 6.45) is 1.87. The lowest BCUT2D eigenvalue weighted by molar-refractivity contribution is -0.130. The number of carbonyl (C=O) groups excluding carboxylic acids is 3. The van der Waals surface area contributed by atoms with E-state index >= 15 is 0 Å². The number of benzene rings is 2. The number of fused-ring (bicyclic) bond motifs is 1. The quantitative estimate of drug-likeness (QED) is 0.587. The van der Waals surface area contributed by atoms with Gasteiger partial charge in [0.2, 0.25) is 0 Å². The molecule has 2 aromatic carbocycles. The van der Waals surface area contributed by atoms with Crippen LogP contribution in [-0.4, -0.2) is 47.9 Å². The van der Waals surface area contributed by atoms with Gasteiger partial charge in [0.05, 0.1) is 19.8 Å². The van der Waals surface area contributed by atoms with Crippen LogP contribution in [0.1, 0.15) is 35.7 Å². The Labute approximate surface area is 175 Å². The molecular weight excluding hydrogens is 384 g/mol. The maximum absolute atomic E-state index is 12.9. The van der Waals surface area contributed by atoms with E-state index in [1.807, 2.05) is 30.3 Å². The molecule has 2 aliphatic rings. The molecule has 1 fully saturated rings. The summed E-state index contributed by atoms with van der Waals surface area (Å²) in [6, 6.07) is 14.1. The summed E-state index contributed by atoms with van der Waals surface area (Å²) < 4.78 is 11.2. The standard InChI is InChI=1S/C23H24N2O5/c1-23(11-10-16-6-3-2-4-7-16)21(27)25(22(28)24-23)15-18(26)17-8-9-19-20(14-17)30-13-5-12-29-19/h2-4,6-9,14H,5,10-13,15H2,1H3,(H,24,28)/t23-/m1/s1. The highest BCUT2D eigenvalue weighted by Crippen LogP contribution is 2.31. The molecule has 2 aromatic rings. The van der Waals surface area contributed by atoms with Crippen molar-refractivity contribution in [3.63, 3.8) is 0 Å². The van der Waals surface area contributed by atoms with E-state index in [2.05, 4.69) is 5.32 Å². The van der Waals surface area contributed by atoms with Crippen LogP contribution >= 0.6 is 0 Å². The fourth-order valence-corrected chi connectivity index (χ4v) is 3.67. The molecule has 2 heterocycles. The third-order valence-electron chi connectivity index (χ3n) is 5.47. The van der Waals surface area contributed by atoms with Gasteiger partial charge in [0, 0.05) is 12.0 Å². The van der Waals surface area contributed by atoms with Crippen LogP contribution in [0.2, 0.25) is 0 Å². The second-order valence-electron chi connectivity index (χ2n) is 7.77. The molecular formula is C23H24N2O5. The van der Waals surface area contributed by atoms with Crippen molar-refractivity contribution in [3.05, 3.63) is 59.7 Å². The monoisotopic (exact) mass is 408 g/mol. The summed E-state index contributed by atoms with van der Waals surface area (Å²) in [6.45, 7) is 2.46. The Hall–Kier alpha value is -3.35. The number of imide groups is 1. The minimum Gasteiger partial charge on any atom is -0.490 e. The predicted molar refractivity (Wildman–Crippen MR) is 110 cm³/mol. The third kappa shape index (κ3) is 4.01. The van der Waals surface area contributed by atoms with E-state index in [0.29, 0.717) is 43.1 Å². The van der Waals surface area contributed by atoms with Gasteiger partial charge < -0.3 is 14.8 Å². The number of hydrogen-bond acceptors (Lipinski definition) is 5. The fourth-order valence-electron chi connectivity index (χ4n) is 3.67. The second kappa shape index (κ2) is 8.18. The Bertz CT molecular complexity index is 975. The average molecular weight is 408 g/mol. The van der Waals surface area contributed by atoms with Crippen LogP contribution in [0.25, 0.3) is 0 Å². The zero-order valence-corrected chi connectivity index (χ0v) is 16.8. The van der Waals surface area contributed by atoms with Crippen molar-refractivity contribution in [2.75, 3.05) is 19.8 Å². The van der Waals surface area contributed by atoms with Crippen LogP contribution in [0.4, 0.5) is 4.79 Å². The number of ether oxygens (including phenoxy) is 2. The van der Waals surface area contributed by atoms with E-state index in [4.69, 9.17) is 9.47 Å². The van der Waals surface area contributed by atoms with Crippen molar-refractivity contribution in [1.82, 2.24) is 10.2 Å². The smallest absolute Gasteiger partial charge is 0.325 e. The number of nitrogens with one attached hydrogen (secondary N) is 1. The van der Waals surface area contributed by atoms with Crippen LogP contribution in [-0.2, 0) is 11.2 Å². The lowest BCUT2D eigenvalue weighted by atomic mass is 9.93. The molecule has 0 bridgehead atoms. The Morgan fingerprint density at radius 2 is 1.80 bits per heavy atom. The van der Waals surface area contributed by atoms with E-state index in [-0.39, 0.29) is 18.2 Å². The molecule has 1 atom stereocenters. The maximum atomic E-state index is 12.9.